The largest absolute Gasteiger partial charge is 0.296 e. The molecular formula is C6H5NO2S2. The Balaban J connectivity index is 2.03. The van der Waals surface area contributed by atoms with Crippen LogP contribution in [0.5, 0.6) is 0 Å². The maximum absolute atomic E-state index is 10.7. The second-order valence-electron chi connectivity index (χ2n) is 2.95. The number of nitro groups is 1. The summed E-state index contributed by atoms with van der Waals surface area (Å²) < 4.78 is 0. The van der Waals surface area contributed by atoms with Crippen LogP contribution in [0, 0.1) is 10.1 Å². The van der Waals surface area contributed by atoms with E-state index in [1.165, 1.54) is 11.8 Å². The molecule has 3 rings (SSSR count). The van der Waals surface area contributed by atoms with Crippen LogP contribution in [0.4, 0.5) is 0 Å². The molecule has 0 N–H and O–H groups in total. The van der Waals surface area contributed by atoms with Crippen LogP contribution in [0.2, 0.25) is 0 Å². The molecule has 0 aromatic carbocycles. The molecule has 2 heterocycles. The first-order valence-electron chi connectivity index (χ1n) is 3.41. The van der Waals surface area contributed by atoms with Gasteiger partial charge in [-0.25, -0.2) is 0 Å². The van der Waals surface area contributed by atoms with E-state index >= 15 is 0 Å². The van der Waals surface area contributed by atoms with Crippen LogP contribution >= 0.6 is 23.5 Å². The lowest BCUT2D eigenvalue weighted by Gasteiger charge is -2.04. The van der Waals surface area contributed by atoms with Gasteiger partial charge in [-0.2, -0.15) is 0 Å². The van der Waals surface area contributed by atoms with E-state index in [4.69, 9.17) is 0 Å². The van der Waals surface area contributed by atoms with Gasteiger partial charge in [-0.3, -0.25) is 10.1 Å². The summed E-state index contributed by atoms with van der Waals surface area (Å²) in [5, 5.41) is 11.6. The Morgan fingerprint density at radius 2 is 2.36 bits per heavy atom. The highest BCUT2D eigenvalue weighted by Gasteiger charge is 2.79. The van der Waals surface area contributed by atoms with Crippen molar-refractivity contribution in [3.05, 3.63) is 22.3 Å². The van der Waals surface area contributed by atoms with Crippen LogP contribution in [0.1, 0.15) is 0 Å². The molecule has 0 saturated carbocycles. The van der Waals surface area contributed by atoms with E-state index in [1.54, 1.807) is 11.8 Å². The van der Waals surface area contributed by atoms with Crippen molar-refractivity contribution in [2.24, 2.45) is 0 Å². The fraction of sp³-hybridized carbons (Fsp3) is 0.667. The molecule has 4 atom stereocenters. The van der Waals surface area contributed by atoms with E-state index in [9.17, 15) is 10.1 Å². The van der Waals surface area contributed by atoms with E-state index in [2.05, 4.69) is 6.08 Å². The van der Waals surface area contributed by atoms with E-state index in [-0.39, 0.29) is 15.4 Å². The molecule has 2 fully saturated rings. The number of hydrogen-bond donors (Lipinski definition) is 0. The smallest absolute Gasteiger partial charge is 0.263 e. The summed E-state index contributed by atoms with van der Waals surface area (Å²) in [5.74, 6) is 0. The molecule has 58 valence electrons. The minimum Gasteiger partial charge on any atom is -0.263 e. The molecule has 3 nitrogen and oxygen atoms in total. The van der Waals surface area contributed by atoms with Crippen molar-refractivity contribution in [3.8, 4) is 0 Å². The molecule has 0 radical (unpaired) electrons. The summed E-state index contributed by atoms with van der Waals surface area (Å²) in [4.78, 5) is 9.99. The third-order valence-electron chi connectivity index (χ3n) is 2.36. The number of thioether (sulfide) groups is 2. The van der Waals surface area contributed by atoms with Crippen LogP contribution in [0.25, 0.3) is 0 Å². The van der Waals surface area contributed by atoms with Crippen molar-refractivity contribution in [3.63, 3.8) is 0 Å². The lowest BCUT2D eigenvalue weighted by Crippen LogP contribution is -2.33. The van der Waals surface area contributed by atoms with Crippen LogP contribution in [-0.2, 0) is 0 Å². The Hall–Kier alpha value is -0.160. The highest BCUT2D eigenvalue weighted by molar-refractivity contribution is 8.13. The predicted octanol–water partition coefficient (Wildman–Crippen LogP) is 1.13. The highest BCUT2D eigenvalue weighted by Crippen LogP contribution is 2.70. The maximum atomic E-state index is 10.7. The van der Waals surface area contributed by atoms with Gasteiger partial charge in [0.1, 0.15) is 10.5 Å². The summed E-state index contributed by atoms with van der Waals surface area (Å²) in [6, 6.07) is 0. The minimum absolute atomic E-state index is 0.0938. The van der Waals surface area contributed by atoms with Crippen molar-refractivity contribution < 1.29 is 4.92 Å². The number of hydrogen-bond acceptors (Lipinski definition) is 4. The molecule has 5 heteroatoms. The van der Waals surface area contributed by atoms with Gasteiger partial charge < -0.3 is 0 Å². The summed E-state index contributed by atoms with van der Waals surface area (Å²) >= 11 is 3.22. The normalized spacial score (nSPS) is 56.2. The van der Waals surface area contributed by atoms with Crippen molar-refractivity contribution in [2.45, 2.75) is 20.6 Å². The van der Waals surface area contributed by atoms with Gasteiger partial charge in [-0.15, -0.1) is 11.8 Å². The van der Waals surface area contributed by atoms with Gasteiger partial charge in [0.25, 0.3) is 4.87 Å². The van der Waals surface area contributed by atoms with Gasteiger partial charge in [-0.1, -0.05) is 23.9 Å². The molecule has 0 amide bonds. The Labute approximate surface area is 71.8 Å². The lowest BCUT2D eigenvalue weighted by molar-refractivity contribution is -0.523. The molecule has 2 saturated heterocycles. The van der Waals surface area contributed by atoms with Gasteiger partial charge in [-0.05, 0) is 0 Å². The fourth-order valence-electron chi connectivity index (χ4n) is 1.64. The van der Waals surface area contributed by atoms with Crippen LogP contribution in [0.3, 0.4) is 0 Å². The minimum atomic E-state index is -0.607. The molecule has 2 aliphatic heterocycles. The van der Waals surface area contributed by atoms with Gasteiger partial charge in [0.05, 0.1) is 0 Å². The predicted molar refractivity (Wildman–Crippen MR) is 45.4 cm³/mol. The first-order valence-corrected chi connectivity index (χ1v) is 5.23. The molecule has 3 aliphatic rings. The Bertz CT molecular complexity index is 280. The van der Waals surface area contributed by atoms with Gasteiger partial charge in [0, 0.05) is 10.2 Å². The average molecular weight is 187 g/mol. The van der Waals surface area contributed by atoms with E-state index in [0.29, 0.717) is 5.25 Å². The molecule has 4 unspecified atom stereocenters. The fourth-order valence-corrected chi connectivity index (χ4v) is 4.49. The number of nitrogens with zero attached hydrogens (tertiary/aromatic N) is 1. The topological polar surface area (TPSA) is 43.1 Å². The maximum Gasteiger partial charge on any atom is 0.296 e. The van der Waals surface area contributed by atoms with E-state index in [0.717, 1.165) is 0 Å². The number of rotatable bonds is 1. The van der Waals surface area contributed by atoms with Crippen molar-refractivity contribution in [1.82, 2.24) is 0 Å². The molecule has 0 aromatic heterocycles. The third-order valence-corrected chi connectivity index (χ3v) is 5.44. The molecule has 0 bridgehead atoms. The van der Waals surface area contributed by atoms with Crippen LogP contribution in [0.15, 0.2) is 12.2 Å². The lowest BCUT2D eigenvalue weighted by atomic mass is 10.0. The zero-order valence-electron chi connectivity index (χ0n) is 5.47. The summed E-state index contributed by atoms with van der Waals surface area (Å²) in [6.07, 6.45) is 4.11. The standard InChI is InChI=1S/C6H5NO2S2/c8-7(9)6-4(11-6)2-1-3-5(6)10-3/h1-5H. The first-order chi connectivity index (χ1) is 5.25. The second kappa shape index (κ2) is 1.61. The zero-order valence-corrected chi connectivity index (χ0v) is 7.10. The Morgan fingerprint density at radius 3 is 3.00 bits per heavy atom. The molecular weight excluding hydrogens is 182 g/mol. The first kappa shape index (κ1) is 6.37. The SMILES string of the molecule is O=[N+]([O-])C12SC1C=CC1SC12. The molecule has 1 aliphatic carbocycles. The van der Waals surface area contributed by atoms with E-state index < -0.39 is 4.87 Å². The average Bonchev–Trinajstić information content (AvgIpc) is 2.81. The molecule has 0 spiro atoms. The van der Waals surface area contributed by atoms with Crippen LogP contribution in [-0.4, -0.2) is 25.5 Å². The molecule has 0 aromatic rings. The number of fused-ring (bicyclic) bond motifs is 3. The van der Waals surface area contributed by atoms with Gasteiger partial charge in [0.15, 0.2) is 0 Å². The monoisotopic (exact) mass is 187 g/mol. The van der Waals surface area contributed by atoms with Crippen molar-refractivity contribution >= 4 is 23.5 Å². The Kier molecular flexibility index (Phi) is 0.933. The Morgan fingerprint density at radius 1 is 1.55 bits per heavy atom. The van der Waals surface area contributed by atoms with Crippen molar-refractivity contribution in [2.75, 3.05) is 0 Å². The second-order valence-corrected chi connectivity index (χ2v) is 5.68. The third kappa shape index (κ3) is 0.597. The molecule has 11 heavy (non-hydrogen) atoms. The summed E-state index contributed by atoms with van der Waals surface area (Å²) in [7, 11) is 0. The summed E-state index contributed by atoms with van der Waals surface area (Å²) in [5.41, 5.74) is 0. The van der Waals surface area contributed by atoms with Gasteiger partial charge in [0.2, 0.25) is 0 Å². The van der Waals surface area contributed by atoms with Gasteiger partial charge >= 0.3 is 0 Å². The zero-order chi connectivity index (χ0) is 7.64. The van der Waals surface area contributed by atoms with Crippen molar-refractivity contribution in [1.29, 1.82) is 0 Å². The van der Waals surface area contributed by atoms with Crippen LogP contribution < -0.4 is 0 Å². The van der Waals surface area contributed by atoms with E-state index in [1.807, 2.05) is 6.08 Å². The summed E-state index contributed by atoms with van der Waals surface area (Å²) in [6.45, 7) is 0. The highest BCUT2D eigenvalue weighted by atomic mass is 32.2. The quantitative estimate of drug-likeness (QED) is 0.267.